The number of amides is 1. The number of rotatable bonds is 8. The van der Waals surface area contributed by atoms with Gasteiger partial charge in [-0.2, -0.15) is 0 Å². The number of halogens is 1. The minimum Gasteiger partial charge on any atom is -0.332 e. The Morgan fingerprint density at radius 2 is 1.60 bits per heavy atom. The molecular formula is C24H29BrN2O2S. The molecule has 0 unspecified atom stereocenters. The van der Waals surface area contributed by atoms with Crippen LogP contribution in [0.5, 0.6) is 0 Å². The fourth-order valence-electron chi connectivity index (χ4n) is 2.90. The van der Waals surface area contributed by atoms with E-state index in [1.54, 1.807) is 0 Å². The average molecular weight is 489 g/mol. The number of thiocarbonyl (C=S) groups is 1. The van der Waals surface area contributed by atoms with Crippen LogP contribution in [0.1, 0.15) is 61.5 Å². The molecule has 2 N–H and O–H groups in total. The van der Waals surface area contributed by atoms with Crippen LogP contribution in [-0.2, 0) is 16.6 Å². The van der Waals surface area contributed by atoms with Gasteiger partial charge in [0.2, 0.25) is 0 Å². The molecule has 160 valence electrons. The Hall–Kier alpha value is -2.05. The van der Waals surface area contributed by atoms with E-state index in [0.717, 1.165) is 29.4 Å². The number of ketones is 1. The monoisotopic (exact) mass is 488 g/mol. The van der Waals surface area contributed by atoms with Gasteiger partial charge in [-0.05, 0) is 65.9 Å². The predicted octanol–water partition coefficient (Wildman–Crippen LogP) is 5.79. The van der Waals surface area contributed by atoms with Crippen molar-refractivity contribution in [3.05, 3.63) is 65.2 Å². The summed E-state index contributed by atoms with van der Waals surface area (Å²) in [5.74, 6) is -0.00409. The summed E-state index contributed by atoms with van der Waals surface area (Å²) in [6.07, 6.45) is 2.97. The highest BCUT2D eigenvalue weighted by Gasteiger charge is 2.15. The molecule has 0 saturated heterocycles. The number of anilines is 1. The molecule has 0 aliphatic heterocycles. The molecule has 0 heterocycles. The zero-order valence-electron chi connectivity index (χ0n) is 17.8. The first kappa shape index (κ1) is 24.2. The summed E-state index contributed by atoms with van der Waals surface area (Å²) in [6.45, 7) is 6.40. The van der Waals surface area contributed by atoms with Crippen LogP contribution in [0.3, 0.4) is 0 Å². The molecule has 2 aromatic rings. The van der Waals surface area contributed by atoms with Crippen molar-refractivity contribution in [2.75, 3.05) is 10.6 Å². The molecule has 0 spiro atoms. The largest absolute Gasteiger partial charge is 0.332 e. The Labute approximate surface area is 193 Å². The van der Waals surface area contributed by atoms with Crippen LogP contribution < -0.4 is 10.6 Å². The number of carbonyl (C=O) groups is 2. The van der Waals surface area contributed by atoms with Crippen molar-refractivity contribution in [1.29, 1.82) is 0 Å². The lowest BCUT2D eigenvalue weighted by atomic mass is 9.87. The van der Waals surface area contributed by atoms with Crippen LogP contribution in [0.25, 0.3) is 0 Å². The van der Waals surface area contributed by atoms with Gasteiger partial charge in [0, 0.05) is 29.4 Å². The van der Waals surface area contributed by atoms with Crippen molar-refractivity contribution in [3.8, 4) is 0 Å². The molecular weight excluding hydrogens is 460 g/mol. The molecule has 2 rings (SSSR count). The average Bonchev–Trinajstić information content (AvgIpc) is 2.69. The Bertz CT molecular complexity index is 872. The van der Waals surface area contributed by atoms with Crippen molar-refractivity contribution in [2.24, 2.45) is 0 Å². The van der Waals surface area contributed by atoms with E-state index in [1.807, 2.05) is 48.5 Å². The second-order valence-electron chi connectivity index (χ2n) is 8.29. The molecule has 6 heteroatoms. The first-order valence-corrected chi connectivity index (χ1v) is 11.6. The van der Waals surface area contributed by atoms with Gasteiger partial charge in [0.05, 0.1) is 0 Å². The van der Waals surface area contributed by atoms with Gasteiger partial charge in [-0.3, -0.25) is 14.9 Å². The van der Waals surface area contributed by atoms with E-state index in [-0.39, 0.29) is 22.2 Å². The highest BCUT2D eigenvalue weighted by atomic mass is 79.9. The Kier molecular flexibility index (Phi) is 9.18. The topological polar surface area (TPSA) is 58.2 Å². The zero-order chi connectivity index (χ0) is 22.1. The van der Waals surface area contributed by atoms with Crippen LogP contribution in [0, 0.1) is 0 Å². The smallest absolute Gasteiger partial charge is 0.257 e. The summed E-state index contributed by atoms with van der Waals surface area (Å²) in [6, 6.07) is 15.1. The number of Topliss-reactive ketones (excluding diaryl/α,β-unsaturated/α-hetero) is 1. The maximum Gasteiger partial charge on any atom is 0.257 e. The Morgan fingerprint density at radius 1 is 0.967 bits per heavy atom. The minimum absolute atomic E-state index is 0.0380. The summed E-state index contributed by atoms with van der Waals surface area (Å²) < 4.78 is 0. The Balaban J connectivity index is 1.85. The number of hydrogen-bond acceptors (Lipinski definition) is 3. The van der Waals surface area contributed by atoms with Crippen molar-refractivity contribution in [3.63, 3.8) is 0 Å². The number of benzene rings is 2. The molecule has 1 amide bonds. The highest BCUT2D eigenvalue weighted by Crippen LogP contribution is 2.22. The van der Waals surface area contributed by atoms with Crippen LogP contribution in [0.15, 0.2) is 48.5 Å². The van der Waals surface area contributed by atoms with Gasteiger partial charge in [0.15, 0.2) is 5.11 Å². The van der Waals surface area contributed by atoms with Crippen LogP contribution >= 0.6 is 28.1 Å². The molecule has 30 heavy (non-hydrogen) atoms. The lowest BCUT2D eigenvalue weighted by molar-refractivity contribution is -0.118. The quantitative estimate of drug-likeness (QED) is 0.280. The first-order chi connectivity index (χ1) is 14.2. The van der Waals surface area contributed by atoms with Gasteiger partial charge in [-0.1, -0.05) is 61.0 Å². The molecule has 0 aliphatic rings. The van der Waals surface area contributed by atoms with E-state index in [2.05, 4.69) is 47.3 Å². The van der Waals surface area contributed by atoms with E-state index < -0.39 is 0 Å². The van der Waals surface area contributed by atoms with E-state index in [0.29, 0.717) is 18.4 Å². The van der Waals surface area contributed by atoms with Crippen LogP contribution in [0.2, 0.25) is 0 Å². The summed E-state index contributed by atoms with van der Waals surface area (Å²) in [5.41, 5.74) is 3.50. The van der Waals surface area contributed by atoms with Crippen LogP contribution in [0.4, 0.5) is 5.69 Å². The number of unbranched alkanes of at least 4 members (excludes halogenated alkanes) is 1. The molecule has 0 fully saturated rings. The number of alkyl halides is 1. The van der Waals surface area contributed by atoms with Crippen LogP contribution in [-0.4, -0.2) is 22.1 Å². The highest BCUT2D eigenvalue weighted by molar-refractivity contribution is 9.09. The first-order valence-electron chi connectivity index (χ1n) is 10.1. The Morgan fingerprint density at radius 3 is 2.17 bits per heavy atom. The molecule has 0 aliphatic carbocycles. The second-order valence-corrected chi connectivity index (χ2v) is 9.50. The minimum atomic E-state index is -0.251. The van der Waals surface area contributed by atoms with E-state index >= 15 is 0 Å². The standard InChI is InChI=1S/C24H29BrN2O2S/c1-24(2,3)19-11-9-18(10-12-19)22(29)27-23(30)26-20-13-7-17(8-14-20)16-21(28)6-4-5-15-25/h7-14H,4-6,15-16H2,1-3H3,(H2,26,27,29,30). The molecule has 0 atom stereocenters. The summed E-state index contributed by atoms with van der Waals surface area (Å²) in [7, 11) is 0. The van der Waals surface area contributed by atoms with Crippen molar-refractivity contribution in [2.45, 2.75) is 51.9 Å². The second kappa shape index (κ2) is 11.4. The third-order valence-corrected chi connectivity index (χ3v) is 5.46. The summed E-state index contributed by atoms with van der Waals surface area (Å²) >= 11 is 8.64. The number of hydrogen-bond donors (Lipinski definition) is 2. The maximum atomic E-state index is 12.4. The van der Waals surface area contributed by atoms with E-state index in [4.69, 9.17) is 12.2 Å². The third kappa shape index (κ3) is 8.00. The fraction of sp³-hybridized carbons (Fsp3) is 0.375. The predicted molar refractivity (Wildman–Crippen MR) is 132 cm³/mol. The molecule has 0 radical (unpaired) electrons. The van der Waals surface area contributed by atoms with E-state index in [9.17, 15) is 9.59 Å². The van der Waals surface area contributed by atoms with Gasteiger partial charge in [-0.25, -0.2) is 0 Å². The summed E-state index contributed by atoms with van der Waals surface area (Å²) in [5, 5.41) is 6.88. The van der Waals surface area contributed by atoms with Gasteiger partial charge in [-0.15, -0.1) is 0 Å². The zero-order valence-corrected chi connectivity index (χ0v) is 20.2. The normalized spacial score (nSPS) is 11.1. The van der Waals surface area contributed by atoms with Crippen molar-refractivity contribution < 1.29 is 9.59 Å². The van der Waals surface area contributed by atoms with Gasteiger partial charge in [0.1, 0.15) is 5.78 Å². The van der Waals surface area contributed by atoms with E-state index in [1.165, 1.54) is 5.56 Å². The molecule has 2 aromatic carbocycles. The molecule has 4 nitrogen and oxygen atoms in total. The fourth-order valence-corrected chi connectivity index (χ4v) is 3.50. The molecule has 0 saturated carbocycles. The number of carbonyl (C=O) groups excluding carboxylic acids is 2. The van der Waals surface area contributed by atoms with Crippen molar-refractivity contribution >= 4 is 50.6 Å². The molecule has 0 bridgehead atoms. The van der Waals surface area contributed by atoms with Crippen molar-refractivity contribution in [1.82, 2.24) is 5.32 Å². The lowest BCUT2D eigenvalue weighted by Gasteiger charge is -2.19. The number of nitrogens with one attached hydrogen (secondary N) is 2. The van der Waals surface area contributed by atoms with Gasteiger partial charge in [0.25, 0.3) is 5.91 Å². The maximum absolute atomic E-state index is 12.4. The molecule has 0 aromatic heterocycles. The lowest BCUT2D eigenvalue weighted by Crippen LogP contribution is -2.34. The third-order valence-electron chi connectivity index (χ3n) is 4.69. The van der Waals surface area contributed by atoms with Gasteiger partial charge >= 0.3 is 0 Å². The van der Waals surface area contributed by atoms with Gasteiger partial charge < -0.3 is 5.32 Å². The SMILES string of the molecule is CC(C)(C)c1ccc(C(=O)NC(=S)Nc2ccc(CC(=O)CCCCBr)cc2)cc1. The summed E-state index contributed by atoms with van der Waals surface area (Å²) in [4.78, 5) is 24.4.